The van der Waals surface area contributed by atoms with E-state index in [2.05, 4.69) is 45.0 Å². The van der Waals surface area contributed by atoms with Crippen molar-refractivity contribution >= 4 is 0 Å². The molecule has 2 rings (SSSR count). The molecular formula is C16H24O. The monoisotopic (exact) mass is 232 g/mol. The molecule has 0 aliphatic heterocycles. The Morgan fingerprint density at radius 1 is 1.29 bits per heavy atom. The van der Waals surface area contributed by atoms with Crippen LogP contribution >= 0.6 is 0 Å². The first-order chi connectivity index (χ1) is 8.01. The largest absolute Gasteiger partial charge is 0.389 e. The third-order valence-corrected chi connectivity index (χ3v) is 4.32. The molecule has 1 N–H and O–H groups in total. The minimum atomic E-state index is -0.459. The molecule has 17 heavy (non-hydrogen) atoms. The molecule has 0 saturated heterocycles. The molecule has 1 aromatic rings. The maximum absolute atomic E-state index is 10.6. The van der Waals surface area contributed by atoms with E-state index in [-0.39, 0.29) is 0 Å². The standard InChI is InChI=1S/C16H24O/c1-12(2)15-8-6-14(7-9-15)11-16(17)10-4-5-13(16)3/h6-9,12-13,17H,4-5,10-11H2,1-3H3. The summed E-state index contributed by atoms with van der Waals surface area (Å²) in [6, 6.07) is 8.75. The van der Waals surface area contributed by atoms with E-state index in [0.717, 1.165) is 12.8 Å². The van der Waals surface area contributed by atoms with Crippen molar-refractivity contribution in [2.24, 2.45) is 5.92 Å². The second-order valence-corrected chi connectivity index (χ2v) is 5.97. The predicted molar refractivity (Wildman–Crippen MR) is 72.2 cm³/mol. The fourth-order valence-corrected chi connectivity index (χ4v) is 2.87. The fourth-order valence-electron chi connectivity index (χ4n) is 2.87. The Bertz CT molecular complexity index is 366. The van der Waals surface area contributed by atoms with Crippen molar-refractivity contribution in [2.45, 2.75) is 58.0 Å². The van der Waals surface area contributed by atoms with Crippen LogP contribution < -0.4 is 0 Å². The van der Waals surface area contributed by atoms with Crippen LogP contribution in [0.25, 0.3) is 0 Å². The van der Waals surface area contributed by atoms with Crippen molar-refractivity contribution in [3.05, 3.63) is 35.4 Å². The summed E-state index contributed by atoms with van der Waals surface area (Å²) in [5, 5.41) is 10.6. The van der Waals surface area contributed by atoms with Gasteiger partial charge in [-0.15, -0.1) is 0 Å². The predicted octanol–water partition coefficient (Wildman–Crippen LogP) is 3.90. The molecule has 0 spiro atoms. The molecule has 1 nitrogen and oxygen atoms in total. The second-order valence-electron chi connectivity index (χ2n) is 5.97. The summed E-state index contributed by atoms with van der Waals surface area (Å²) in [4.78, 5) is 0. The van der Waals surface area contributed by atoms with Crippen LogP contribution in [-0.2, 0) is 6.42 Å². The zero-order valence-corrected chi connectivity index (χ0v) is 11.2. The zero-order valence-electron chi connectivity index (χ0n) is 11.2. The van der Waals surface area contributed by atoms with Gasteiger partial charge >= 0.3 is 0 Å². The van der Waals surface area contributed by atoms with Crippen LogP contribution in [0.3, 0.4) is 0 Å². The Morgan fingerprint density at radius 3 is 2.41 bits per heavy atom. The minimum Gasteiger partial charge on any atom is -0.389 e. The Balaban J connectivity index is 2.08. The van der Waals surface area contributed by atoms with Crippen LogP contribution in [0.4, 0.5) is 0 Å². The lowest BCUT2D eigenvalue weighted by Crippen LogP contribution is -2.34. The van der Waals surface area contributed by atoms with Gasteiger partial charge in [0.1, 0.15) is 0 Å². The maximum atomic E-state index is 10.6. The quantitative estimate of drug-likeness (QED) is 0.838. The molecule has 0 aromatic heterocycles. The van der Waals surface area contributed by atoms with Crippen LogP contribution in [0, 0.1) is 5.92 Å². The smallest absolute Gasteiger partial charge is 0.0713 e. The molecule has 0 radical (unpaired) electrons. The number of hydrogen-bond acceptors (Lipinski definition) is 1. The molecule has 1 aromatic carbocycles. The molecule has 1 aliphatic carbocycles. The summed E-state index contributed by atoms with van der Waals surface area (Å²) in [6.45, 7) is 6.60. The Morgan fingerprint density at radius 2 is 1.94 bits per heavy atom. The highest BCUT2D eigenvalue weighted by Crippen LogP contribution is 2.37. The number of rotatable bonds is 3. The summed E-state index contributed by atoms with van der Waals surface area (Å²) < 4.78 is 0. The lowest BCUT2D eigenvalue weighted by molar-refractivity contribution is 0.00959. The highest BCUT2D eigenvalue weighted by Gasteiger charge is 2.37. The van der Waals surface area contributed by atoms with Crippen molar-refractivity contribution in [1.82, 2.24) is 0 Å². The van der Waals surface area contributed by atoms with Gasteiger partial charge in [0.15, 0.2) is 0 Å². The molecule has 1 saturated carbocycles. The number of benzene rings is 1. The SMILES string of the molecule is CC(C)c1ccc(CC2(O)CCCC2C)cc1. The van der Waals surface area contributed by atoms with Crippen LogP contribution in [0.5, 0.6) is 0 Å². The average molecular weight is 232 g/mol. The topological polar surface area (TPSA) is 20.2 Å². The first-order valence-electron chi connectivity index (χ1n) is 6.82. The van der Waals surface area contributed by atoms with Crippen molar-refractivity contribution in [2.75, 3.05) is 0 Å². The normalized spacial score (nSPS) is 28.9. The molecule has 1 heteroatoms. The van der Waals surface area contributed by atoms with E-state index in [0.29, 0.717) is 11.8 Å². The van der Waals surface area contributed by atoms with E-state index in [1.165, 1.54) is 24.0 Å². The summed E-state index contributed by atoms with van der Waals surface area (Å²) in [5.74, 6) is 1.02. The van der Waals surface area contributed by atoms with Gasteiger partial charge in [-0.05, 0) is 35.8 Å². The summed E-state index contributed by atoms with van der Waals surface area (Å²) >= 11 is 0. The Hall–Kier alpha value is -0.820. The van der Waals surface area contributed by atoms with Gasteiger partial charge in [0.2, 0.25) is 0 Å². The number of aliphatic hydroxyl groups is 1. The summed E-state index contributed by atoms with van der Waals surface area (Å²) in [7, 11) is 0. The van der Waals surface area contributed by atoms with Crippen LogP contribution in [-0.4, -0.2) is 10.7 Å². The van der Waals surface area contributed by atoms with Crippen LogP contribution in [0.15, 0.2) is 24.3 Å². The molecule has 1 fully saturated rings. The highest BCUT2D eigenvalue weighted by molar-refractivity contribution is 5.26. The molecule has 2 atom stereocenters. The van der Waals surface area contributed by atoms with E-state index in [9.17, 15) is 5.11 Å². The average Bonchev–Trinajstić information content (AvgIpc) is 2.60. The van der Waals surface area contributed by atoms with E-state index < -0.39 is 5.60 Å². The van der Waals surface area contributed by atoms with E-state index in [1.807, 2.05) is 0 Å². The Kier molecular flexibility index (Phi) is 3.58. The molecule has 2 unspecified atom stereocenters. The van der Waals surface area contributed by atoms with Gasteiger partial charge in [-0.1, -0.05) is 51.5 Å². The van der Waals surface area contributed by atoms with Gasteiger partial charge < -0.3 is 5.11 Å². The van der Waals surface area contributed by atoms with Gasteiger partial charge in [-0.3, -0.25) is 0 Å². The van der Waals surface area contributed by atoms with Gasteiger partial charge in [-0.25, -0.2) is 0 Å². The fraction of sp³-hybridized carbons (Fsp3) is 0.625. The van der Waals surface area contributed by atoms with Crippen molar-refractivity contribution in [3.8, 4) is 0 Å². The van der Waals surface area contributed by atoms with E-state index in [1.54, 1.807) is 0 Å². The van der Waals surface area contributed by atoms with Gasteiger partial charge in [0, 0.05) is 6.42 Å². The number of hydrogen-bond donors (Lipinski definition) is 1. The third-order valence-electron chi connectivity index (χ3n) is 4.32. The molecule has 0 amide bonds. The molecule has 94 valence electrons. The summed E-state index contributed by atoms with van der Waals surface area (Å²) in [5.41, 5.74) is 2.19. The zero-order chi connectivity index (χ0) is 12.5. The van der Waals surface area contributed by atoms with Crippen LogP contribution in [0.1, 0.15) is 57.1 Å². The second kappa shape index (κ2) is 4.81. The van der Waals surface area contributed by atoms with Crippen molar-refractivity contribution in [3.63, 3.8) is 0 Å². The minimum absolute atomic E-state index is 0.437. The molecule has 0 bridgehead atoms. The molecule has 0 heterocycles. The van der Waals surface area contributed by atoms with Gasteiger partial charge in [0.25, 0.3) is 0 Å². The lowest BCUT2D eigenvalue weighted by atomic mass is 9.85. The third kappa shape index (κ3) is 2.71. The first kappa shape index (κ1) is 12.6. The van der Waals surface area contributed by atoms with Crippen molar-refractivity contribution in [1.29, 1.82) is 0 Å². The van der Waals surface area contributed by atoms with Crippen molar-refractivity contribution < 1.29 is 5.11 Å². The Labute approximate surface area is 105 Å². The van der Waals surface area contributed by atoms with Crippen LogP contribution in [0.2, 0.25) is 0 Å². The first-order valence-corrected chi connectivity index (χ1v) is 6.82. The molecule has 1 aliphatic rings. The highest BCUT2D eigenvalue weighted by atomic mass is 16.3. The molecular weight excluding hydrogens is 208 g/mol. The lowest BCUT2D eigenvalue weighted by Gasteiger charge is -2.28. The maximum Gasteiger partial charge on any atom is 0.0713 e. The van der Waals surface area contributed by atoms with Gasteiger partial charge in [0.05, 0.1) is 5.60 Å². The van der Waals surface area contributed by atoms with E-state index >= 15 is 0 Å². The van der Waals surface area contributed by atoms with Gasteiger partial charge in [-0.2, -0.15) is 0 Å². The van der Waals surface area contributed by atoms with E-state index in [4.69, 9.17) is 0 Å². The summed E-state index contributed by atoms with van der Waals surface area (Å²) in [6.07, 6.45) is 4.11.